The molecule has 0 aromatic heterocycles. The average Bonchev–Trinajstić information content (AvgIpc) is 2.61. The van der Waals surface area contributed by atoms with E-state index < -0.39 is 0 Å². The monoisotopic (exact) mass is 337 g/mol. The number of amides is 1. The number of hydrogen-bond acceptors (Lipinski definition) is 3. The molecule has 0 fully saturated rings. The van der Waals surface area contributed by atoms with E-state index >= 15 is 0 Å². The molecule has 0 unspecified atom stereocenters. The fourth-order valence-corrected chi connectivity index (χ4v) is 3.42. The molecule has 0 saturated heterocycles. The standard InChI is InChI=1S/C21H23NO3/c1-4-25-21(24)17-9-7-16(8-10-17)18-11-12-20-19(13-18)6-5-14(2)22(20)15(3)23/h7-14H,4-6H2,1-3H3/t14-/m0/s1. The molecular weight excluding hydrogens is 314 g/mol. The molecule has 0 aliphatic carbocycles. The van der Waals surface area contributed by atoms with Crippen molar-refractivity contribution in [1.29, 1.82) is 0 Å². The summed E-state index contributed by atoms with van der Waals surface area (Å²) in [4.78, 5) is 25.6. The van der Waals surface area contributed by atoms with Gasteiger partial charge in [-0.1, -0.05) is 18.2 Å². The maximum atomic E-state index is 12.0. The zero-order chi connectivity index (χ0) is 18.0. The molecule has 25 heavy (non-hydrogen) atoms. The number of aryl methyl sites for hydroxylation is 1. The predicted octanol–water partition coefficient (Wildman–Crippen LogP) is 4.22. The fourth-order valence-electron chi connectivity index (χ4n) is 3.42. The molecule has 1 aliphatic heterocycles. The van der Waals surface area contributed by atoms with E-state index in [-0.39, 0.29) is 17.9 Å². The van der Waals surface area contributed by atoms with Crippen LogP contribution in [0.3, 0.4) is 0 Å². The van der Waals surface area contributed by atoms with Crippen molar-refractivity contribution in [3.05, 3.63) is 53.6 Å². The van der Waals surface area contributed by atoms with Crippen molar-refractivity contribution in [2.75, 3.05) is 11.5 Å². The SMILES string of the molecule is CCOC(=O)c1ccc(-c2ccc3c(c2)CC[C@H](C)N3C(C)=O)cc1. The summed E-state index contributed by atoms with van der Waals surface area (Å²) in [7, 11) is 0. The number of fused-ring (bicyclic) bond motifs is 1. The molecule has 2 aromatic carbocycles. The van der Waals surface area contributed by atoms with Crippen molar-refractivity contribution < 1.29 is 14.3 Å². The molecule has 4 heteroatoms. The van der Waals surface area contributed by atoms with E-state index in [9.17, 15) is 9.59 Å². The van der Waals surface area contributed by atoms with Crippen molar-refractivity contribution in [3.8, 4) is 11.1 Å². The summed E-state index contributed by atoms with van der Waals surface area (Å²) in [5, 5.41) is 0. The van der Waals surface area contributed by atoms with Crippen LogP contribution in [0, 0.1) is 0 Å². The Balaban J connectivity index is 1.90. The summed E-state index contributed by atoms with van der Waals surface area (Å²) in [6.45, 7) is 5.88. The van der Waals surface area contributed by atoms with Gasteiger partial charge in [-0.15, -0.1) is 0 Å². The number of anilines is 1. The van der Waals surface area contributed by atoms with Crippen LogP contribution in [-0.2, 0) is 16.0 Å². The van der Waals surface area contributed by atoms with Crippen LogP contribution in [0.1, 0.15) is 43.1 Å². The van der Waals surface area contributed by atoms with E-state index in [2.05, 4.69) is 13.0 Å². The summed E-state index contributed by atoms with van der Waals surface area (Å²) < 4.78 is 5.02. The minimum absolute atomic E-state index is 0.0833. The molecule has 0 spiro atoms. The minimum Gasteiger partial charge on any atom is -0.462 e. The molecule has 0 radical (unpaired) electrons. The van der Waals surface area contributed by atoms with Gasteiger partial charge in [0.05, 0.1) is 12.2 Å². The third-order valence-corrected chi connectivity index (χ3v) is 4.68. The highest BCUT2D eigenvalue weighted by molar-refractivity contribution is 5.94. The largest absolute Gasteiger partial charge is 0.462 e. The van der Waals surface area contributed by atoms with Gasteiger partial charge in [-0.2, -0.15) is 0 Å². The Morgan fingerprint density at radius 3 is 2.44 bits per heavy atom. The number of nitrogens with zero attached hydrogens (tertiary/aromatic N) is 1. The number of rotatable bonds is 3. The van der Waals surface area contributed by atoms with Gasteiger partial charge in [0.25, 0.3) is 0 Å². The molecular formula is C21H23NO3. The second-order valence-corrected chi connectivity index (χ2v) is 6.42. The van der Waals surface area contributed by atoms with Gasteiger partial charge in [-0.25, -0.2) is 4.79 Å². The van der Waals surface area contributed by atoms with E-state index in [1.807, 2.05) is 29.2 Å². The van der Waals surface area contributed by atoms with Gasteiger partial charge in [-0.05, 0) is 67.6 Å². The number of carbonyl (C=O) groups excluding carboxylic acids is 2. The first kappa shape index (κ1) is 17.2. The van der Waals surface area contributed by atoms with Crippen molar-refractivity contribution in [2.45, 2.75) is 39.7 Å². The summed E-state index contributed by atoms with van der Waals surface area (Å²) in [6, 6.07) is 13.9. The quantitative estimate of drug-likeness (QED) is 0.788. The van der Waals surface area contributed by atoms with Crippen LogP contribution in [0.2, 0.25) is 0 Å². The Morgan fingerprint density at radius 2 is 1.80 bits per heavy atom. The topological polar surface area (TPSA) is 46.6 Å². The normalized spacial score (nSPS) is 16.3. The first-order valence-electron chi connectivity index (χ1n) is 8.71. The van der Waals surface area contributed by atoms with E-state index in [1.165, 1.54) is 5.56 Å². The molecule has 130 valence electrons. The fraction of sp³-hybridized carbons (Fsp3) is 0.333. The zero-order valence-corrected chi connectivity index (χ0v) is 14.9. The highest BCUT2D eigenvalue weighted by Gasteiger charge is 2.26. The molecule has 2 aromatic rings. The van der Waals surface area contributed by atoms with E-state index in [0.29, 0.717) is 12.2 Å². The average molecular weight is 337 g/mol. The van der Waals surface area contributed by atoms with Crippen molar-refractivity contribution in [1.82, 2.24) is 0 Å². The Kier molecular flexibility index (Phi) is 4.88. The number of esters is 1. The van der Waals surface area contributed by atoms with Crippen LogP contribution >= 0.6 is 0 Å². The van der Waals surface area contributed by atoms with Gasteiger partial charge in [0.1, 0.15) is 0 Å². The Hall–Kier alpha value is -2.62. The number of carbonyl (C=O) groups is 2. The van der Waals surface area contributed by atoms with Crippen molar-refractivity contribution in [3.63, 3.8) is 0 Å². The molecule has 1 atom stereocenters. The van der Waals surface area contributed by atoms with Crippen molar-refractivity contribution >= 4 is 17.6 Å². The highest BCUT2D eigenvalue weighted by Crippen LogP contribution is 2.34. The Bertz CT molecular complexity index is 795. The lowest BCUT2D eigenvalue weighted by atomic mass is 9.93. The van der Waals surface area contributed by atoms with Gasteiger partial charge in [-0.3, -0.25) is 4.79 Å². The molecule has 0 saturated carbocycles. The smallest absolute Gasteiger partial charge is 0.338 e. The van der Waals surface area contributed by atoms with E-state index in [1.54, 1.807) is 26.0 Å². The van der Waals surface area contributed by atoms with Crippen LogP contribution in [0.4, 0.5) is 5.69 Å². The lowest BCUT2D eigenvalue weighted by Crippen LogP contribution is -2.40. The molecule has 4 nitrogen and oxygen atoms in total. The van der Waals surface area contributed by atoms with Crippen LogP contribution in [-0.4, -0.2) is 24.5 Å². The second-order valence-electron chi connectivity index (χ2n) is 6.42. The Morgan fingerprint density at radius 1 is 1.12 bits per heavy atom. The number of hydrogen-bond donors (Lipinski definition) is 0. The van der Waals surface area contributed by atoms with Crippen LogP contribution in [0.15, 0.2) is 42.5 Å². The predicted molar refractivity (Wildman–Crippen MR) is 98.8 cm³/mol. The van der Waals surface area contributed by atoms with E-state index in [0.717, 1.165) is 29.7 Å². The maximum Gasteiger partial charge on any atom is 0.338 e. The van der Waals surface area contributed by atoms with Crippen LogP contribution < -0.4 is 4.90 Å². The number of ether oxygens (including phenoxy) is 1. The summed E-state index contributed by atoms with van der Waals surface area (Å²) in [5.74, 6) is -0.217. The van der Waals surface area contributed by atoms with Crippen molar-refractivity contribution in [2.24, 2.45) is 0 Å². The first-order chi connectivity index (χ1) is 12.0. The van der Waals surface area contributed by atoms with Gasteiger partial charge < -0.3 is 9.64 Å². The summed E-state index contributed by atoms with van der Waals surface area (Å²) in [6.07, 6.45) is 1.94. The first-order valence-corrected chi connectivity index (χ1v) is 8.71. The van der Waals surface area contributed by atoms with Crippen LogP contribution in [0.5, 0.6) is 0 Å². The number of benzene rings is 2. The molecule has 1 aliphatic rings. The van der Waals surface area contributed by atoms with Gasteiger partial charge in [0, 0.05) is 18.7 Å². The van der Waals surface area contributed by atoms with Gasteiger partial charge in [0.15, 0.2) is 0 Å². The third-order valence-electron chi connectivity index (χ3n) is 4.68. The van der Waals surface area contributed by atoms with Gasteiger partial charge in [0.2, 0.25) is 5.91 Å². The molecule has 1 heterocycles. The van der Waals surface area contributed by atoms with E-state index in [4.69, 9.17) is 4.74 Å². The molecule has 1 amide bonds. The van der Waals surface area contributed by atoms with Crippen LogP contribution in [0.25, 0.3) is 11.1 Å². The summed E-state index contributed by atoms with van der Waals surface area (Å²) >= 11 is 0. The van der Waals surface area contributed by atoms with Gasteiger partial charge >= 0.3 is 5.97 Å². The minimum atomic E-state index is -0.300. The molecule has 0 N–H and O–H groups in total. The second kappa shape index (κ2) is 7.09. The molecule has 3 rings (SSSR count). The molecule has 0 bridgehead atoms. The highest BCUT2D eigenvalue weighted by atomic mass is 16.5. The lowest BCUT2D eigenvalue weighted by Gasteiger charge is -2.34. The lowest BCUT2D eigenvalue weighted by molar-refractivity contribution is -0.117. The Labute approximate surface area is 148 Å². The zero-order valence-electron chi connectivity index (χ0n) is 14.9. The third kappa shape index (κ3) is 3.43. The maximum absolute atomic E-state index is 12.0. The summed E-state index contributed by atoms with van der Waals surface area (Å²) in [5.41, 5.74) is 4.90.